The molecule has 0 unspecified atom stereocenters. The van der Waals surface area contributed by atoms with Crippen molar-refractivity contribution in [1.82, 2.24) is 24.6 Å². The molecule has 0 saturated carbocycles. The Hall–Kier alpha value is -3.89. The van der Waals surface area contributed by atoms with E-state index in [-0.39, 0.29) is 5.54 Å². The Morgan fingerprint density at radius 2 is 1.42 bits per heavy atom. The number of carboxylic acid groups (broad SMARTS) is 2. The van der Waals surface area contributed by atoms with E-state index in [1.807, 2.05) is 24.3 Å². The van der Waals surface area contributed by atoms with E-state index >= 15 is 0 Å². The molecule has 0 aliphatic carbocycles. The van der Waals surface area contributed by atoms with E-state index in [2.05, 4.69) is 55.9 Å². The van der Waals surface area contributed by atoms with Gasteiger partial charge in [-0.3, -0.25) is 9.80 Å². The van der Waals surface area contributed by atoms with Gasteiger partial charge in [-0.1, -0.05) is 23.7 Å². The van der Waals surface area contributed by atoms with Crippen molar-refractivity contribution in [3.05, 3.63) is 64.9 Å². The largest absolute Gasteiger partial charge is 0.497 e. The third-order valence-corrected chi connectivity index (χ3v) is 7.37. The monoisotopic (exact) mass is 665 g/mol. The second-order valence-corrected chi connectivity index (χ2v) is 10.8. The standard InChI is InChI=1S/C24H28ClN5O.2C2HF3O2/c1-28-16-22-26-27-23(19-5-9-21(31-2)10-6-19)30(22)24(17-28)11-13-29(14-12-24)15-18-3-7-20(25)8-4-18;2*3-2(4,5)1(6)7/h3-10H,11-17H2,1-2H3;2*(H,6,7). The van der Waals surface area contributed by atoms with Gasteiger partial charge in [-0.2, -0.15) is 26.3 Å². The fraction of sp³-hybridized carbons (Fsp3) is 0.429. The number of nitrogens with zero attached hydrogens (tertiary/aromatic N) is 5. The number of rotatable bonds is 4. The van der Waals surface area contributed by atoms with Gasteiger partial charge < -0.3 is 19.5 Å². The molecule has 45 heavy (non-hydrogen) atoms. The number of aliphatic carboxylic acids is 2. The predicted octanol–water partition coefficient (Wildman–Crippen LogP) is 5.31. The summed E-state index contributed by atoms with van der Waals surface area (Å²) in [6, 6.07) is 16.4. The normalized spacial score (nSPS) is 16.5. The smallest absolute Gasteiger partial charge is 0.490 e. The maximum atomic E-state index is 10.6. The van der Waals surface area contributed by atoms with Gasteiger partial charge in [-0.05, 0) is 61.9 Å². The van der Waals surface area contributed by atoms with E-state index in [1.165, 1.54) is 5.56 Å². The zero-order valence-electron chi connectivity index (χ0n) is 24.1. The summed E-state index contributed by atoms with van der Waals surface area (Å²) >= 11 is 6.04. The van der Waals surface area contributed by atoms with Crippen LogP contribution in [0.15, 0.2) is 48.5 Å². The first-order valence-electron chi connectivity index (χ1n) is 13.3. The fourth-order valence-corrected chi connectivity index (χ4v) is 5.20. The highest BCUT2D eigenvalue weighted by molar-refractivity contribution is 6.30. The number of carbonyl (C=O) groups is 2. The first-order valence-corrected chi connectivity index (χ1v) is 13.7. The highest BCUT2D eigenvalue weighted by Gasteiger charge is 2.43. The number of hydrogen-bond acceptors (Lipinski definition) is 7. The first kappa shape index (κ1) is 35.6. The third kappa shape index (κ3) is 9.55. The summed E-state index contributed by atoms with van der Waals surface area (Å²) in [6.45, 7) is 4.92. The molecule has 0 bridgehead atoms. The highest BCUT2D eigenvalue weighted by atomic mass is 35.5. The SMILES string of the molecule is COc1ccc(-c2nnc3n2C2(CCN(Cc4ccc(Cl)cc4)CC2)CN(C)C3)cc1.O=C(O)C(F)(F)F.O=C(O)C(F)(F)F. The Kier molecular flexibility index (Phi) is 11.4. The lowest BCUT2D eigenvalue weighted by molar-refractivity contribution is -0.193. The molecule has 1 aromatic heterocycles. The lowest BCUT2D eigenvalue weighted by atomic mass is 9.84. The number of carboxylic acids is 2. The topological polar surface area (TPSA) is 121 Å². The Balaban J connectivity index is 0.000000331. The maximum Gasteiger partial charge on any atom is 0.490 e. The molecule has 2 aliphatic rings. The number of alkyl halides is 6. The van der Waals surface area contributed by atoms with E-state index in [0.717, 1.165) is 73.5 Å². The molecule has 2 N–H and O–H groups in total. The molecule has 5 rings (SSSR count). The molecule has 1 spiro atoms. The summed E-state index contributed by atoms with van der Waals surface area (Å²) in [7, 11) is 3.88. The Morgan fingerprint density at radius 3 is 1.89 bits per heavy atom. The van der Waals surface area contributed by atoms with Gasteiger partial charge in [0.2, 0.25) is 0 Å². The van der Waals surface area contributed by atoms with Crippen LogP contribution < -0.4 is 4.74 Å². The minimum absolute atomic E-state index is 0.0254. The molecule has 3 aromatic rings. The van der Waals surface area contributed by atoms with Crippen molar-refractivity contribution in [1.29, 1.82) is 0 Å². The molecule has 0 atom stereocenters. The lowest BCUT2D eigenvalue weighted by Gasteiger charge is -2.48. The van der Waals surface area contributed by atoms with Crippen LogP contribution in [0.3, 0.4) is 0 Å². The number of ether oxygens (including phenoxy) is 1. The van der Waals surface area contributed by atoms with Crippen LogP contribution in [0.2, 0.25) is 5.02 Å². The van der Waals surface area contributed by atoms with Gasteiger partial charge in [0.15, 0.2) is 5.82 Å². The van der Waals surface area contributed by atoms with Crippen molar-refractivity contribution in [2.24, 2.45) is 0 Å². The average molecular weight is 666 g/mol. The van der Waals surface area contributed by atoms with Crippen LogP contribution in [-0.4, -0.2) is 92.9 Å². The maximum absolute atomic E-state index is 10.6. The Morgan fingerprint density at radius 1 is 0.911 bits per heavy atom. The van der Waals surface area contributed by atoms with Crippen molar-refractivity contribution >= 4 is 23.5 Å². The Labute approximate surface area is 258 Å². The molecule has 1 fully saturated rings. The first-order chi connectivity index (χ1) is 20.9. The molecule has 3 heterocycles. The van der Waals surface area contributed by atoms with Crippen LogP contribution >= 0.6 is 11.6 Å². The van der Waals surface area contributed by atoms with Gasteiger partial charge in [0, 0.05) is 36.8 Å². The van der Waals surface area contributed by atoms with Gasteiger partial charge in [-0.25, -0.2) is 9.59 Å². The molecule has 17 heteroatoms. The van der Waals surface area contributed by atoms with Crippen LogP contribution in [0.1, 0.15) is 24.2 Å². The average Bonchev–Trinajstić information content (AvgIpc) is 3.40. The summed E-state index contributed by atoms with van der Waals surface area (Å²) in [5, 5.41) is 24.2. The number of likely N-dealkylation sites (N-methyl/N-ethyl adjacent to an activating group) is 1. The summed E-state index contributed by atoms with van der Waals surface area (Å²) in [4.78, 5) is 22.7. The minimum Gasteiger partial charge on any atom is -0.497 e. The fourth-order valence-electron chi connectivity index (χ4n) is 5.07. The number of benzene rings is 2. The van der Waals surface area contributed by atoms with Crippen molar-refractivity contribution in [3.63, 3.8) is 0 Å². The highest BCUT2D eigenvalue weighted by Crippen LogP contribution is 2.39. The number of piperidine rings is 1. The molecule has 0 amide bonds. The van der Waals surface area contributed by atoms with E-state index in [1.54, 1.807) is 7.11 Å². The number of halogens is 7. The number of fused-ring (bicyclic) bond motifs is 2. The second-order valence-electron chi connectivity index (χ2n) is 10.4. The van der Waals surface area contributed by atoms with Gasteiger partial charge in [-0.15, -0.1) is 10.2 Å². The van der Waals surface area contributed by atoms with Crippen molar-refractivity contribution < 1.29 is 50.9 Å². The van der Waals surface area contributed by atoms with E-state index in [4.69, 9.17) is 36.1 Å². The van der Waals surface area contributed by atoms with Crippen LogP contribution in [0.25, 0.3) is 11.4 Å². The van der Waals surface area contributed by atoms with E-state index < -0.39 is 24.3 Å². The molecule has 1 saturated heterocycles. The van der Waals surface area contributed by atoms with Crippen molar-refractivity contribution in [2.75, 3.05) is 33.8 Å². The molecule has 2 aromatic carbocycles. The molecule has 0 radical (unpaired) electrons. The summed E-state index contributed by atoms with van der Waals surface area (Å²) in [6.07, 6.45) is -8.00. The lowest BCUT2D eigenvalue weighted by Crippen LogP contribution is -2.55. The van der Waals surface area contributed by atoms with Crippen molar-refractivity contribution in [2.45, 2.75) is 43.8 Å². The molecular weight excluding hydrogens is 636 g/mol. The van der Waals surface area contributed by atoms with Crippen LogP contribution in [0.4, 0.5) is 26.3 Å². The van der Waals surface area contributed by atoms with Crippen LogP contribution in [-0.2, 0) is 28.2 Å². The molecule has 2 aliphatic heterocycles. The summed E-state index contributed by atoms with van der Waals surface area (Å²) in [5.41, 5.74) is 2.43. The predicted molar refractivity (Wildman–Crippen MR) is 150 cm³/mol. The van der Waals surface area contributed by atoms with Gasteiger partial charge in [0.25, 0.3) is 0 Å². The zero-order chi connectivity index (χ0) is 33.6. The van der Waals surface area contributed by atoms with Crippen LogP contribution in [0, 0.1) is 0 Å². The van der Waals surface area contributed by atoms with Gasteiger partial charge in [0.1, 0.15) is 11.6 Å². The molecule has 10 nitrogen and oxygen atoms in total. The Bertz CT molecular complexity index is 1420. The number of likely N-dealkylation sites (tertiary alicyclic amines) is 1. The minimum atomic E-state index is -5.08. The summed E-state index contributed by atoms with van der Waals surface area (Å²) in [5.74, 6) is -2.63. The van der Waals surface area contributed by atoms with E-state index in [9.17, 15) is 26.3 Å². The van der Waals surface area contributed by atoms with Gasteiger partial charge >= 0.3 is 24.3 Å². The second kappa shape index (κ2) is 14.5. The summed E-state index contributed by atoms with van der Waals surface area (Å²) < 4.78 is 71.2. The van der Waals surface area contributed by atoms with E-state index in [0.29, 0.717) is 0 Å². The number of aromatic nitrogens is 3. The molecule has 246 valence electrons. The number of methoxy groups -OCH3 is 1. The quantitative estimate of drug-likeness (QED) is 0.357. The molecular formula is C28H30ClF6N5O5. The van der Waals surface area contributed by atoms with Crippen molar-refractivity contribution in [3.8, 4) is 17.1 Å². The third-order valence-electron chi connectivity index (χ3n) is 7.12. The van der Waals surface area contributed by atoms with Gasteiger partial charge in [0.05, 0.1) is 19.2 Å². The number of hydrogen-bond donors (Lipinski definition) is 2. The van der Waals surface area contributed by atoms with Crippen LogP contribution in [0.5, 0.6) is 5.75 Å². The zero-order valence-corrected chi connectivity index (χ0v) is 24.8.